The van der Waals surface area contributed by atoms with E-state index in [1.54, 1.807) is 6.07 Å². The molecule has 0 saturated heterocycles. The molecule has 0 aliphatic heterocycles. The van der Waals surface area contributed by atoms with E-state index in [9.17, 15) is 14.0 Å². The minimum atomic E-state index is -1.07. The molecule has 0 saturated carbocycles. The van der Waals surface area contributed by atoms with Crippen LogP contribution in [-0.2, 0) is 9.59 Å². The molecule has 1 amide bonds. The molecule has 16 heavy (non-hydrogen) atoms. The Balaban J connectivity index is 2.95. The predicted molar refractivity (Wildman–Crippen MR) is 58.3 cm³/mol. The van der Waals surface area contributed by atoms with Crippen molar-refractivity contribution in [1.82, 2.24) is 5.32 Å². The van der Waals surface area contributed by atoms with Crippen molar-refractivity contribution in [1.29, 1.82) is 0 Å². The number of carbonyl (C=O) groups is 2. The van der Waals surface area contributed by atoms with Gasteiger partial charge in [0.15, 0.2) is 0 Å². The van der Waals surface area contributed by atoms with Crippen LogP contribution in [-0.4, -0.2) is 17.5 Å². The number of benzene rings is 1. The summed E-state index contributed by atoms with van der Waals surface area (Å²) in [4.78, 5) is 20.9. The second kappa shape index (κ2) is 5.60. The summed E-state index contributed by atoms with van der Waals surface area (Å²) in [6.07, 6.45) is 0.105. The first-order valence-corrected chi connectivity index (χ1v) is 5.20. The number of carboxylic acids is 1. The molecule has 1 rings (SSSR count). The van der Waals surface area contributed by atoms with Crippen LogP contribution < -0.4 is 5.32 Å². The fourth-order valence-corrected chi connectivity index (χ4v) is 1.51. The second-order valence-electron chi connectivity index (χ2n) is 3.11. The minimum absolute atomic E-state index is 0.288. The standard InChI is InChI=1S/C10H9BrFNO3/c11-7-2-1-6(3-8(7)12)9(13-5-14)4-10(15)16/h1-3,5,9H,4H2,(H,13,14)(H,15,16). The molecule has 1 unspecified atom stereocenters. The van der Waals surface area contributed by atoms with E-state index in [-0.39, 0.29) is 10.9 Å². The number of amides is 1. The highest BCUT2D eigenvalue weighted by molar-refractivity contribution is 9.10. The number of rotatable bonds is 5. The van der Waals surface area contributed by atoms with Crippen LogP contribution in [0, 0.1) is 5.82 Å². The molecule has 0 heterocycles. The van der Waals surface area contributed by atoms with Gasteiger partial charge in [0, 0.05) is 0 Å². The summed E-state index contributed by atoms with van der Waals surface area (Å²) in [6.45, 7) is 0. The molecule has 0 aromatic heterocycles. The first-order valence-electron chi connectivity index (χ1n) is 4.41. The van der Waals surface area contributed by atoms with Gasteiger partial charge in [-0.25, -0.2) is 4.39 Å². The Hall–Kier alpha value is -1.43. The highest BCUT2D eigenvalue weighted by atomic mass is 79.9. The quantitative estimate of drug-likeness (QED) is 0.813. The van der Waals surface area contributed by atoms with Crippen molar-refractivity contribution in [2.24, 2.45) is 0 Å². The van der Waals surface area contributed by atoms with Crippen molar-refractivity contribution in [2.75, 3.05) is 0 Å². The molecule has 86 valence electrons. The summed E-state index contributed by atoms with van der Waals surface area (Å²) in [5, 5.41) is 11.0. The van der Waals surface area contributed by atoms with E-state index < -0.39 is 17.8 Å². The normalized spacial score (nSPS) is 11.9. The topological polar surface area (TPSA) is 66.4 Å². The van der Waals surface area contributed by atoms with Crippen LogP contribution in [0.4, 0.5) is 4.39 Å². The van der Waals surface area contributed by atoms with E-state index in [0.717, 1.165) is 0 Å². The predicted octanol–water partition coefficient (Wildman–Crippen LogP) is 1.85. The Labute approximate surface area is 99.6 Å². The summed E-state index contributed by atoms with van der Waals surface area (Å²) in [7, 11) is 0. The molecule has 0 aliphatic rings. The molecule has 1 atom stereocenters. The van der Waals surface area contributed by atoms with Crippen molar-refractivity contribution in [3.05, 3.63) is 34.1 Å². The van der Waals surface area contributed by atoms with E-state index >= 15 is 0 Å². The number of aliphatic carboxylic acids is 1. The molecule has 6 heteroatoms. The molecule has 1 aromatic rings. The number of nitrogens with one attached hydrogen (secondary N) is 1. The van der Waals surface area contributed by atoms with E-state index in [1.807, 2.05) is 0 Å². The molecule has 0 fully saturated rings. The first-order chi connectivity index (χ1) is 7.54. The Morgan fingerprint density at radius 3 is 2.81 bits per heavy atom. The number of hydrogen-bond acceptors (Lipinski definition) is 2. The fourth-order valence-electron chi connectivity index (χ4n) is 1.26. The van der Waals surface area contributed by atoms with E-state index in [1.165, 1.54) is 12.1 Å². The molecule has 2 N–H and O–H groups in total. The summed E-state index contributed by atoms with van der Waals surface area (Å²) in [5.41, 5.74) is 0.412. The third-order valence-electron chi connectivity index (χ3n) is 1.99. The van der Waals surface area contributed by atoms with Crippen molar-refractivity contribution < 1.29 is 19.1 Å². The maximum atomic E-state index is 13.2. The maximum absolute atomic E-state index is 13.2. The zero-order valence-electron chi connectivity index (χ0n) is 8.11. The summed E-state index contributed by atoms with van der Waals surface area (Å²) in [6, 6.07) is 3.48. The summed E-state index contributed by atoms with van der Waals surface area (Å²) < 4.78 is 13.5. The molecule has 4 nitrogen and oxygen atoms in total. The van der Waals surface area contributed by atoms with Gasteiger partial charge in [0.05, 0.1) is 16.9 Å². The lowest BCUT2D eigenvalue weighted by atomic mass is 10.0. The van der Waals surface area contributed by atoms with E-state index in [4.69, 9.17) is 5.11 Å². The Kier molecular flexibility index (Phi) is 4.42. The fraction of sp³-hybridized carbons (Fsp3) is 0.200. The zero-order chi connectivity index (χ0) is 12.1. The molecule has 1 aromatic carbocycles. The van der Waals surface area contributed by atoms with Gasteiger partial charge in [-0.3, -0.25) is 9.59 Å². The van der Waals surface area contributed by atoms with Gasteiger partial charge in [-0.1, -0.05) is 6.07 Å². The maximum Gasteiger partial charge on any atom is 0.305 e. The van der Waals surface area contributed by atoms with Crippen molar-refractivity contribution in [3.8, 4) is 0 Å². The van der Waals surface area contributed by atoms with Gasteiger partial charge < -0.3 is 10.4 Å². The summed E-state index contributed by atoms with van der Waals surface area (Å²) >= 11 is 2.99. The monoisotopic (exact) mass is 289 g/mol. The average molecular weight is 290 g/mol. The number of carboxylic acid groups (broad SMARTS) is 1. The van der Waals surface area contributed by atoms with Crippen LogP contribution in [0.15, 0.2) is 22.7 Å². The third-order valence-corrected chi connectivity index (χ3v) is 2.64. The largest absolute Gasteiger partial charge is 0.481 e. The van der Waals surface area contributed by atoms with Crippen molar-refractivity contribution in [2.45, 2.75) is 12.5 Å². The van der Waals surface area contributed by atoms with Gasteiger partial charge >= 0.3 is 5.97 Å². The smallest absolute Gasteiger partial charge is 0.305 e. The summed E-state index contributed by atoms with van der Waals surface area (Å²) in [5.74, 6) is -1.57. The van der Waals surface area contributed by atoms with Crippen molar-refractivity contribution in [3.63, 3.8) is 0 Å². The number of hydrogen-bond donors (Lipinski definition) is 2. The van der Waals surface area contributed by atoms with Crippen molar-refractivity contribution >= 4 is 28.3 Å². The van der Waals surface area contributed by atoms with Gasteiger partial charge in [0.25, 0.3) is 0 Å². The Morgan fingerprint density at radius 1 is 1.62 bits per heavy atom. The minimum Gasteiger partial charge on any atom is -0.481 e. The van der Waals surface area contributed by atoms with Gasteiger partial charge in [-0.2, -0.15) is 0 Å². The lowest BCUT2D eigenvalue weighted by molar-refractivity contribution is -0.137. The van der Waals surface area contributed by atoms with Crippen LogP contribution in [0.5, 0.6) is 0 Å². The number of halogens is 2. The third kappa shape index (κ3) is 3.30. The molecular weight excluding hydrogens is 281 g/mol. The molecule has 0 aliphatic carbocycles. The van der Waals surface area contributed by atoms with Crippen LogP contribution in [0.2, 0.25) is 0 Å². The molecule has 0 bridgehead atoms. The van der Waals surface area contributed by atoms with Gasteiger partial charge in [-0.05, 0) is 33.6 Å². The Morgan fingerprint density at radius 2 is 2.31 bits per heavy atom. The lowest BCUT2D eigenvalue weighted by Crippen LogP contribution is -2.22. The van der Waals surface area contributed by atoms with Crippen LogP contribution >= 0.6 is 15.9 Å². The lowest BCUT2D eigenvalue weighted by Gasteiger charge is -2.14. The molecule has 0 spiro atoms. The number of carbonyl (C=O) groups excluding carboxylic acids is 1. The van der Waals surface area contributed by atoms with Gasteiger partial charge in [0.2, 0.25) is 6.41 Å². The molecular formula is C10H9BrFNO3. The van der Waals surface area contributed by atoms with Crippen LogP contribution in [0.1, 0.15) is 18.0 Å². The molecule has 0 radical (unpaired) electrons. The highest BCUT2D eigenvalue weighted by Crippen LogP contribution is 2.22. The van der Waals surface area contributed by atoms with Gasteiger partial charge in [0.1, 0.15) is 5.82 Å². The Bertz CT molecular complexity index is 411. The van der Waals surface area contributed by atoms with Gasteiger partial charge in [-0.15, -0.1) is 0 Å². The van der Waals surface area contributed by atoms with E-state index in [2.05, 4.69) is 21.2 Å². The van der Waals surface area contributed by atoms with Crippen LogP contribution in [0.25, 0.3) is 0 Å². The zero-order valence-corrected chi connectivity index (χ0v) is 9.70. The highest BCUT2D eigenvalue weighted by Gasteiger charge is 2.15. The SMILES string of the molecule is O=CNC(CC(=O)O)c1ccc(Br)c(F)c1. The van der Waals surface area contributed by atoms with Crippen LogP contribution in [0.3, 0.4) is 0 Å². The first kappa shape index (κ1) is 12.6. The second-order valence-corrected chi connectivity index (χ2v) is 3.96. The van der Waals surface area contributed by atoms with E-state index in [0.29, 0.717) is 12.0 Å². The average Bonchev–Trinajstić information content (AvgIpc) is 2.21.